The van der Waals surface area contributed by atoms with Crippen molar-refractivity contribution in [1.29, 1.82) is 0 Å². The van der Waals surface area contributed by atoms with Gasteiger partial charge in [0.15, 0.2) is 12.4 Å². The van der Waals surface area contributed by atoms with Gasteiger partial charge < -0.3 is 45.1 Å². The van der Waals surface area contributed by atoms with Crippen LogP contribution in [0.15, 0.2) is 36.5 Å². The van der Waals surface area contributed by atoms with Gasteiger partial charge in [0.1, 0.15) is 24.4 Å². The molecule has 0 aromatic carbocycles. The number of nitrogens with one attached hydrogen (secondary N) is 1. The molecule has 0 aliphatic carbocycles. The molecule has 0 spiro atoms. The first-order chi connectivity index (χ1) is 35.7. The van der Waals surface area contributed by atoms with Crippen LogP contribution in [-0.2, 0) is 23.8 Å². The van der Waals surface area contributed by atoms with E-state index in [9.17, 15) is 35.1 Å². The quantitative estimate of drug-likeness (QED) is 0.0195. The molecule has 0 aromatic heterocycles. The third-order valence-corrected chi connectivity index (χ3v) is 14.5. The molecule has 6 N–H and O–H groups in total. The van der Waals surface area contributed by atoms with Crippen LogP contribution in [0.1, 0.15) is 284 Å². The van der Waals surface area contributed by atoms with Gasteiger partial charge in [-0.15, -0.1) is 0 Å². The van der Waals surface area contributed by atoms with Gasteiger partial charge in [-0.2, -0.15) is 0 Å². The number of allylic oxidation sites excluding steroid dienone is 5. The van der Waals surface area contributed by atoms with Crippen LogP contribution in [0.2, 0.25) is 0 Å². The molecule has 1 heterocycles. The van der Waals surface area contributed by atoms with Gasteiger partial charge >= 0.3 is 5.97 Å². The first kappa shape index (κ1) is 68.9. The number of carbonyl (C=O) groups excluding carboxylic acids is 2. The summed E-state index contributed by atoms with van der Waals surface area (Å²) >= 11 is 0. The van der Waals surface area contributed by atoms with Crippen LogP contribution in [0.3, 0.4) is 0 Å². The zero-order valence-corrected chi connectivity index (χ0v) is 47.3. The van der Waals surface area contributed by atoms with Gasteiger partial charge in [-0.1, -0.05) is 237 Å². The monoisotopic (exact) mass is 1030 g/mol. The fourth-order valence-corrected chi connectivity index (χ4v) is 9.58. The molecule has 8 unspecified atom stereocenters. The molecule has 1 fully saturated rings. The largest absolute Gasteiger partial charge is 0.454 e. The number of esters is 1. The summed E-state index contributed by atoms with van der Waals surface area (Å²) in [6.45, 7) is 5.78. The van der Waals surface area contributed by atoms with Gasteiger partial charge in [-0.25, -0.2) is 0 Å². The van der Waals surface area contributed by atoms with Crippen molar-refractivity contribution >= 4 is 11.9 Å². The van der Waals surface area contributed by atoms with Crippen LogP contribution in [0.25, 0.3) is 0 Å². The minimum absolute atomic E-state index is 0.122. The lowest BCUT2D eigenvalue weighted by atomic mass is 9.99. The van der Waals surface area contributed by atoms with E-state index >= 15 is 0 Å². The van der Waals surface area contributed by atoms with E-state index in [4.69, 9.17) is 14.2 Å². The zero-order chi connectivity index (χ0) is 53.3. The smallest absolute Gasteiger partial charge is 0.306 e. The molecular weight excluding hydrogens is 919 g/mol. The molecule has 11 heteroatoms. The number of hydrogen-bond acceptors (Lipinski definition) is 10. The summed E-state index contributed by atoms with van der Waals surface area (Å²) < 4.78 is 17.6. The van der Waals surface area contributed by atoms with Crippen LogP contribution in [0, 0.1) is 0 Å². The first-order valence-corrected chi connectivity index (χ1v) is 30.8. The molecular formula is C62H115NO10. The Morgan fingerprint density at radius 3 is 1.33 bits per heavy atom. The summed E-state index contributed by atoms with van der Waals surface area (Å²) in [5, 5.41) is 56.9. The molecule has 1 aliphatic rings. The predicted octanol–water partition coefficient (Wildman–Crippen LogP) is 14.3. The Morgan fingerprint density at radius 2 is 0.904 bits per heavy atom. The van der Waals surface area contributed by atoms with E-state index in [0.29, 0.717) is 12.8 Å². The average Bonchev–Trinajstić information content (AvgIpc) is 3.39. The molecule has 0 aromatic rings. The van der Waals surface area contributed by atoms with Crippen LogP contribution < -0.4 is 5.32 Å². The maximum absolute atomic E-state index is 13.4. The highest BCUT2D eigenvalue weighted by atomic mass is 16.7. The molecule has 1 saturated heterocycles. The van der Waals surface area contributed by atoms with E-state index in [0.717, 1.165) is 57.8 Å². The van der Waals surface area contributed by atoms with Gasteiger partial charge in [0.05, 0.1) is 25.4 Å². The number of aliphatic hydroxyl groups excluding tert-OH is 5. The Hall–Kier alpha value is -2.12. The molecule has 8 atom stereocenters. The fourth-order valence-electron chi connectivity index (χ4n) is 9.58. The Balaban J connectivity index is 2.68. The second-order valence-corrected chi connectivity index (χ2v) is 21.4. The van der Waals surface area contributed by atoms with Crippen molar-refractivity contribution in [2.24, 2.45) is 0 Å². The number of unbranched alkanes of at least 4 members (excludes halogenated alkanes) is 34. The molecule has 0 radical (unpaired) electrons. The maximum atomic E-state index is 13.4. The number of hydrogen-bond donors (Lipinski definition) is 6. The molecule has 1 rings (SSSR count). The lowest BCUT2D eigenvalue weighted by Gasteiger charge is -2.41. The lowest BCUT2D eigenvalue weighted by Crippen LogP contribution is -2.61. The highest BCUT2D eigenvalue weighted by Crippen LogP contribution is 2.26. The summed E-state index contributed by atoms with van der Waals surface area (Å²) in [5.41, 5.74) is 0. The third-order valence-electron chi connectivity index (χ3n) is 14.5. The van der Waals surface area contributed by atoms with Gasteiger partial charge in [-0.3, -0.25) is 9.59 Å². The summed E-state index contributed by atoms with van der Waals surface area (Å²) in [6, 6.07) is -1.03. The van der Waals surface area contributed by atoms with Crippen molar-refractivity contribution < 1.29 is 49.3 Å². The van der Waals surface area contributed by atoms with Crippen LogP contribution in [0.5, 0.6) is 0 Å². The normalized spacial score (nSPS) is 19.6. The fraction of sp³-hybridized carbons (Fsp3) is 0.871. The third kappa shape index (κ3) is 39.0. The molecule has 73 heavy (non-hydrogen) atoms. The summed E-state index contributed by atoms with van der Waals surface area (Å²) in [6.07, 6.45) is 49.0. The standard InChI is InChI=1S/C62H115NO10/c1-4-7-10-13-16-19-22-25-26-27-28-29-30-32-35-38-41-44-47-50-57(67)73-60-59(69)58(68)56(51-64)72-62(60)71-52-53(54(65)48-45-42-39-36-34-31-23-20-17-14-11-8-5-2)63-61(70)55(66)49-46-43-40-37-33-24-21-18-15-12-9-6-3/h25-26,33,37,45,48,53-56,58-60,62,64-66,68-69H,4-24,27-32,34-36,38-44,46-47,49-52H2,1-3H3,(H,63,70)/b26-25+,37-33-,48-45+. The van der Waals surface area contributed by atoms with Crippen LogP contribution >= 0.6 is 0 Å². The van der Waals surface area contributed by atoms with E-state index in [1.165, 1.54) is 180 Å². The van der Waals surface area contributed by atoms with E-state index in [1.54, 1.807) is 6.08 Å². The van der Waals surface area contributed by atoms with E-state index in [2.05, 4.69) is 50.4 Å². The second-order valence-electron chi connectivity index (χ2n) is 21.4. The Labute approximate surface area is 447 Å². The maximum Gasteiger partial charge on any atom is 0.306 e. The minimum Gasteiger partial charge on any atom is -0.454 e. The number of aliphatic hydroxyl groups is 5. The summed E-state index contributed by atoms with van der Waals surface area (Å²) in [7, 11) is 0. The molecule has 0 saturated carbocycles. The minimum atomic E-state index is -1.61. The highest BCUT2D eigenvalue weighted by Gasteiger charge is 2.47. The van der Waals surface area contributed by atoms with Crippen molar-refractivity contribution in [2.75, 3.05) is 13.2 Å². The van der Waals surface area contributed by atoms with Crippen LogP contribution in [0.4, 0.5) is 0 Å². The van der Waals surface area contributed by atoms with E-state index in [-0.39, 0.29) is 19.4 Å². The van der Waals surface area contributed by atoms with Crippen LogP contribution in [-0.4, -0.2) is 99.6 Å². The molecule has 1 aliphatic heterocycles. The topological polar surface area (TPSA) is 175 Å². The number of ether oxygens (including phenoxy) is 3. The Morgan fingerprint density at radius 1 is 0.521 bits per heavy atom. The predicted molar refractivity (Wildman–Crippen MR) is 301 cm³/mol. The number of rotatable bonds is 52. The molecule has 1 amide bonds. The molecule has 428 valence electrons. The number of amides is 1. The van der Waals surface area contributed by atoms with Crippen molar-refractivity contribution in [2.45, 2.75) is 333 Å². The molecule has 11 nitrogen and oxygen atoms in total. The summed E-state index contributed by atoms with van der Waals surface area (Å²) in [5.74, 6) is -1.21. The highest BCUT2D eigenvalue weighted by molar-refractivity contribution is 5.80. The summed E-state index contributed by atoms with van der Waals surface area (Å²) in [4.78, 5) is 26.5. The van der Waals surface area contributed by atoms with Crippen molar-refractivity contribution in [3.05, 3.63) is 36.5 Å². The second kappa shape index (κ2) is 50.7. The Kier molecular flexibility index (Phi) is 47.8. The van der Waals surface area contributed by atoms with E-state index < -0.39 is 67.4 Å². The Bertz CT molecular complexity index is 1330. The van der Waals surface area contributed by atoms with Crippen molar-refractivity contribution in [1.82, 2.24) is 5.32 Å². The average molecular weight is 1030 g/mol. The van der Waals surface area contributed by atoms with Crippen molar-refractivity contribution in [3.8, 4) is 0 Å². The molecule has 0 bridgehead atoms. The van der Waals surface area contributed by atoms with Crippen molar-refractivity contribution in [3.63, 3.8) is 0 Å². The number of carbonyl (C=O) groups is 2. The van der Waals surface area contributed by atoms with Gasteiger partial charge in [0.2, 0.25) is 5.91 Å². The van der Waals surface area contributed by atoms with Gasteiger partial charge in [-0.05, 0) is 77.0 Å². The van der Waals surface area contributed by atoms with E-state index in [1.807, 2.05) is 6.08 Å². The zero-order valence-electron chi connectivity index (χ0n) is 47.3. The first-order valence-electron chi connectivity index (χ1n) is 30.8. The SMILES string of the molecule is CCCCCCCC/C=C\CCCCC(O)C(=O)NC(COC1OC(CO)C(O)C(O)C1OC(=O)CCCCCCCCCCC/C=C/CCCCCCCC)C(O)/C=C/CCCCCCCCCCCCC. The van der Waals surface area contributed by atoms with Gasteiger partial charge in [0.25, 0.3) is 0 Å². The van der Waals surface area contributed by atoms with Gasteiger partial charge in [0, 0.05) is 6.42 Å². The lowest BCUT2D eigenvalue weighted by molar-refractivity contribution is -0.305.